The maximum Gasteiger partial charge on any atom is 0.168 e. The molecular formula is C9H10O. The van der Waals surface area contributed by atoms with Gasteiger partial charge in [0.25, 0.3) is 0 Å². The van der Waals surface area contributed by atoms with Gasteiger partial charge in [0.15, 0.2) is 5.78 Å². The van der Waals surface area contributed by atoms with Crippen molar-refractivity contribution < 1.29 is 4.79 Å². The minimum Gasteiger partial charge on any atom is -0.294 e. The minimum absolute atomic E-state index is 0.0440. The van der Waals surface area contributed by atoms with Crippen LogP contribution in [-0.2, 0) is 4.79 Å². The monoisotopic (exact) mass is 134 g/mol. The van der Waals surface area contributed by atoms with Crippen LogP contribution in [-0.4, -0.2) is 5.78 Å². The molecule has 1 heteroatoms. The molecule has 0 aliphatic heterocycles. The lowest BCUT2D eigenvalue weighted by molar-refractivity contribution is -0.116. The molecule has 0 spiro atoms. The molecular weight excluding hydrogens is 124 g/mol. The zero-order valence-electron chi connectivity index (χ0n) is 6.00. The fraction of sp³-hybridized carbons (Fsp3) is 0.222. The highest BCUT2D eigenvalue weighted by Gasteiger charge is 2.13. The summed E-state index contributed by atoms with van der Waals surface area (Å²) in [6.45, 7) is 5.32. The lowest BCUT2D eigenvalue weighted by Crippen LogP contribution is -2.08. The van der Waals surface area contributed by atoms with Crippen molar-refractivity contribution in [1.29, 1.82) is 0 Å². The summed E-state index contributed by atoms with van der Waals surface area (Å²) in [5, 5.41) is 0. The van der Waals surface area contributed by atoms with E-state index in [4.69, 9.17) is 0 Å². The van der Waals surface area contributed by atoms with E-state index in [0.29, 0.717) is 5.57 Å². The molecule has 52 valence electrons. The van der Waals surface area contributed by atoms with Crippen molar-refractivity contribution in [3.8, 4) is 0 Å². The third-order valence-corrected chi connectivity index (χ3v) is 1.47. The molecule has 0 unspecified atom stereocenters. The first-order valence-electron chi connectivity index (χ1n) is 3.26. The lowest BCUT2D eigenvalue weighted by Gasteiger charge is -2.01. The Morgan fingerprint density at radius 1 is 1.40 bits per heavy atom. The third kappa shape index (κ3) is 1.24. The highest BCUT2D eigenvalue weighted by Crippen LogP contribution is 2.13. The maximum atomic E-state index is 11.1. The first kappa shape index (κ1) is 7.00. The fourth-order valence-electron chi connectivity index (χ4n) is 0.891. The van der Waals surface area contributed by atoms with Gasteiger partial charge in [-0.1, -0.05) is 30.9 Å². The first-order chi connectivity index (χ1) is 4.72. The van der Waals surface area contributed by atoms with Crippen molar-refractivity contribution in [3.05, 3.63) is 36.5 Å². The van der Waals surface area contributed by atoms with Crippen LogP contribution in [0.25, 0.3) is 0 Å². The van der Waals surface area contributed by atoms with Crippen LogP contribution in [0.5, 0.6) is 0 Å². The van der Waals surface area contributed by atoms with E-state index in [1.54, 1.807) is 6.92 Å². The third-order valence-electron chi connectivity index (χ3n) is 1.47. The molecule has 0 aromatic heterocycles. The van der Waals surface area contributed by atoms with Crippen LogP contribution in [0.4, 0.5) is 0 Å². The lowest BCUT2D eigenvalue weighted by atomic mass is 10.0. The van der Waals surface area contributed by atoms with E-state index in [1.165, 1.54) is 0 Å². The Kier molecular flexibility index (Phi) is 1.86. The van der Waals surface area contributed by atoms with Crippen molar-refractivity contribution in [1.82, 2.24) is 0 Å². The van der Waals surface area contributed by atoms with Gasteiger partial charge < -0.3 is 0 Å². The van der Waals surface area contributed by atoms with E-state index in [0.717, 1.165) is 0 Å². The predicted octanol–water partition coefficient (Wildman–Crippen LogP) is 1.87. The van der Waals surface area contributed by atoms with Gasteiger partial charge in [0.1, 0.15) is 0 Å². The van der Waals surface area contributed by atoms with Gasteiger partial charge in [-0.2, -0.15) is 0 Å². The van der Waals surface area contributed by atoms with Crippen molar-refractivity contribution in [2.75, 3.05) is 0 Å². The number of Topliss-reactive ketones (excluding diaryl/α,β-unsaturated/α-hetero) is 1. The van der Waals surface area contributed by atoms with Crippen LogP contribution in [0.2, 0.25) is 0 Å². The molecule has 0 N–H and O–H groups in total. The Labute approximate surface area is 60.7 Å². The van der Waals surface area contributed by atoms with Gasteiger partial charge in [0, 0.05) is 0 Å². The number of hydrogen-bond acceptors (Lipinski definition) is 1. The van der Waals surface area contributed by atoms with Gasteiger partial charge in [0.2, 0.25) is 0 Å². The van der Waals surface area contributed by atoms with E-state index in [-0.39, 0.29) is 11.7 Å². The quantitative estimate of drug-likeness (QED) is 0.527. The average molecular weight is 134 g/mol. The topological polar surface area (TPSA) is 17.1 Å². The molecule has 1 nitrogen and oxygen atoms in total. The average Bonchev–Trinajstić information content (AvgIpc) is 2.36. The van der Waals surface area contributed by atoms with Crippen molar-refractivity contribution >= 4 is 5.78 Å². The minimum atomic E-state index is -0.0440. The molecule has 0 amide bonds. The Morgan fingerprint density at radius 3 is 2.30 bits per heavy atom. The van der Waals surface area contributed by atoms with Crippen molar-refractivity contribution in [3.63, 3.8) is 0 Å². The Hall–Kier alpha value is -1.11. The Morgan fingerprint density at radius 2 is 1.90 bits per heavy atom. The maximum absolute atomic E-state index is 11.1. The Bertz CT molecular complexity index is 209. The van der Waals surface area contributed by atoms with Gasteiger partial charge in [-0.3, -0.25) is 4.79 Å². The van der Waals surface area contributed by atoms with E-state index < -0.39 is 0 Å². The second kappa shape index (κ2) is 2.65. The summed E-state index contributed by atoms with van der Waals surface area (Å²) in [4.78, 5) is 11.1. The summed E-state index contributed by atoms with van der Waals surface area (Å²) >= 11 is 0. The fourth-order valence-corrected chi connectivity index (χ4v) is 0.891. The molecule has 0 atom stereocenters. The molecule has 0 heterocycles. The van der Waals surface area contributed by atoms with E-state index in [1.807, 2.05) is 24.3 Å². The molecule has 1 aliphatic carbocycles. The number of rotatable bonds is 2. The van der Waals surface area contributed by atoms with Gasteiger partial charge in [-0.05, 0) is 12.5 Å². The van der Waals surface area contributed by atoms with Gasteiger partial charge in [-0.15, -0.1) is 0 Å². The summed E-state index contributed by atoms with van der Waals surface area (Å²) in [5.74, 6) is 0.0718. The number of carbonyl (C=O) groups excluding carboxylic acids is 1. The highest BCUT2D eigenvalue weighted by molar-refractivity contribution is 5.98. The summed E-state index contributed by atoms with van der Waals surface area (Å²) < 4.78 is 0. The summed E-state index contributed by atoms with van der Waals surface area (Å²) in [7, 11) is 0. The molecule has 0 fully saturated rings. The largest absolute Gasteiger partial charge is 0.294 e. The number of hydrogen-bond donors (Lipinski definition) is 0. The number of allylic oxidation sites excluding steroid dienone is 5. The van der Waals surface area contributed by atoms with Crippen LogP contribution in [0.1, 0.15) is 6.92 Å². The normalized spacial score (nSPS) is 16.1. The van der Waals surface area contributed by atoms with Gasteiger partial charge in [-0.25, -0.2) is 0 Å². The number of ketones is 1. The zero-order valence-corrected chi connectivity index (χ0v) is 6.00. The molecule has 1 rings (SSSR count). The van der Waals surface area contributed by atoms with E-state index >= 15 is 0 Å². The molecule has 0 aromatic rings. The second-order valence-electron chi connectivity index (χ2n) is 2.44. The molecule has 10 heavy (non-hydrogen) atoms. The van der Waals surface area contributed by atoms with Gasteiger partial charge >= 0.3 is 0 Å². The zero-order chi connectivity index (χ0) is 7.56. The molecule has 0 aromatic carbocycles. The highest BCUT2D eigenvalue weighted by atomic mass is 16.1. The van der Waals surface area contributed by atoms with Crippen LogP contribution in [0.15, 0.2) is 36.5 Å². The summed E-state index contributed by atoms with van der Waals surface area (Å²) in [6.07, 6.45) is 7.51. The van der Waals surface area contributed by atoms with Crippen LogP contribution in [0.3, 0.4) is 0 Å². The van der Waals surface area contributed by atoms with E-state index in [9.17, 15) is 4.79 Å². The standard InChI is InChI=1S/C9H10O/c1-7(2)9(10)8-5-3-4-6-8/h3-6,8H,1H2,2H3. The van der Waals surface area contributed by atoms with Gasteiger partial charge in [0.05, 0.1) is 5.92 Å². The molecule has 0 saturated heterocycles. The second-order valence-corrected chi connectivity index (χ2v) is 2.44. The first-order valence-corrected chi connectivity index (χ1v) is 3.26. The van der Waals surface area contributed by atoms with Crippen LogP contribution < -0.4 is 0 Å². The predicted molar refractivity (Wildman–Crippen MR) is 41.6 cm³/mol. The number of carbonyl (C=O) groups is 1. The van der Waals surface area contributed by atoms with E-state index in [2.05, 4.69) is 6.58 Å². The SMILES string of the molecule is C=C(C)C(=O)C1C=CC=C1. The molecule has 0 bridgehead atoms. The van der Waals surface area contributed by atoms with Crippen molar-refractivity contribution in [2.45, 2.75) is 6.92 Å². The summed E-state index contributed by atoms with van der Waals surface area (Å²) in [5.41, 5.74) is 0.626. The smallest absolute Gasteiger partial charge is 0.168 e. The van der Waals surface area contributed by atoms with Crippen LogP contribution >= 0.6 is 0 Å². The molecule has 0 saturated carbocycles. The van der Waals surface area contributed by atoms with Crippen molar-refractivity contribution in [2.24, 2.45) is 5.92 Å². The summed E-state index contributed by atoms with van der Waals surface area (Å²) in [6, 6.07) is 0. The Balaban J connectivity index is 2.67. The molecule has 1 aliphatic rings. The van der Waals surface area contributed by atoms with Crippen LogP contribution in [0, 0.1) is 5.92 Å². The molecule has 0 radical (unpaired) electrons.